The normalized spacial score (nSPS) is 21.1. The van der Waals surface area contributed by atoms with Gasteiger partial charge in [-0.05, 0) is 33.1 Å². The highest BCUT2D eigenvalue weighted by molar-refractivity contribution is 7.88. The van der Waals surface area contributed by atoms with Gasteiger partial charge < -0.3 is 10.1 Å². The molecule has 0 aliphatic carbocycles. The summed E-state index contributed by atoms with van der Waals surface area (Å²) in [5.41, 5.74) is 0. The molecule has 0 aromatic carbocycles. The van der Waals surface area contributed by atoms with E-state index in [2.05, 4.69) is 5.32 Å². The van der Waals surface area contributed by atoms with E-state index >= 15 is 0 Å². The molecule has 1 atom stereocenters. The maximum absolute atomic E-state index is 12.0. The van der Waals surface area contributed by atoms with E-state index in [1.54, 1.807) is 0 Å². The second-order valence-corrected chi connectivity index (χ2v) is 7.51. The third-order valence-electron chi connectivity index (χ3n) is 3.30. The van der Waals surface area contributed by atoms with Crippen LogP contribution in [0, 0.1) is 5.92 Å². The molecule has 1 heterocycles. The van der Waals surface area contributed by atoms with Crippen molar-refractivity contribution in [2.75, 3.05) is 32.5 Å². The zero-order chi connectivity index (χ0) is 15.2. The zero-order valence-electron chi connectivity index (χ0n) is 12.6. The second kappa shape index (κ2) is 7.95. The number of sulfonamides is 1. The molecule has 1 unspecified atom stereocenters. The molecule has 7 heteroatoms. The summed E-state index contributed by atoms with van der Waals surface area (Å²) in [7, 11) is -3.20. The number of amides is 1. The van der Waals surface area contributed by atoms with E-state index in [1.807, 2.05) is 13.8 Å². The monoisotopic (exact) mass is 306 g/mol. The SMILES string of the molecule is CC(C)OCCCNC(=O)C1CCCN(S(C)(=O)=O)C1. The maximum Gasteiger partial charge on any atom is 0.224 e. The smallest absolute Gasteiger partial charge is 0.224 e. The molecular weight excluding hydrogens is 280 g/mol. The summed E-state index contributed by atoms with van der Waals surface area (Å²) in [5.74, 6) is -0.285. The van der Waals surface area contributed by atoms with Crippen LogP contribution in [-0.2, 0) is 19.6 Å². The standard InChI is InChI=1S/C13H26N2O4S/c1-11(2)19-9-5-7-14-13(16)12-6-4-8-15(10-12)20(3,17)18/h11-12H,4-10H2,1-3H3,(H,14,16). The van der Waals surface area contributed by atoms with E-state index < -0.39 is 10.0 Å². The van der Waals surface area contributed by atoms with Crippen LogP contribution in [0.15, 0.2) is 0 Å². The van der Waals surface area contributed by atoms with Gasteiger partial charge >= 0.3 is 0 Å². The number of piperidine rings is 1. The van der Waals surface area contributed by atoms with Gasteiger partial charge in [0.05, 0.1) is 18.3 Å². The summed E-state index contributed by atoms with van der Waals surface area (Å²) in [6, 6.07) is 0. The number of rotatable bonds is 7. The fourth-order valence-corrected chi connectivity index (χ4v) is 3.12. The van der Waals surface area contributed by atoms with Crippen LogP contribution in [0.5, 0.6) is 0 Å². The topological polar surface area (TPSA) is 75.7 Å². The van der Waals surface area contributed by atoms with Crippen molar-refractivity contribution >= 4 is 15.9 Å². The Morgan fingerprint density at radius 3 is 2.75 bits per heavy atom. The molecular formula is C13H26N2O4S. The van der Waals surface area contributed by atoms with Crippen LogP contribution in [0.1, 0.15) is 33.1 Å². The maximum atomic E-state index is 12.0. The van der Waals surface area contributed by atoms with Gasteiger partial charge in [-0.15, -0.1) is 0 Å². The minimum absolute atomic E-state index is 0.0529. The first-order chi connectivity index (χ1) is 9.30. The van der Waals surface area contributed by atoms with Gasteiger partial charge in [0.1, 0.15) is 0 Å². The first-order valence-electron chi connectivity index (χ1n) is 7.15. The lowest BCUT2D eigenvalue weighted by atomic mass is 9.99. The molecule has 1 aliphatic rings. The van der Waals surface area contributed by atoms with Gasteiger partial charge in [-0.2, -0.15) is 0 Å². The van der Waals surface area contributed by atoms with Crippen LogP contribution in [-0.4, -0.2) is 57.2 Å². The van der Waals surface area contributed by atoms with E-state index in [0.717, 1.165) is 19.3 Å². The Labute approximate surface area is 121 Å². The molecule has 20 heavy (non-hydrogen) atoms. The zero-order valence-corrected chi connectivity index (χ0v) is 13.4. The third kappa shape index (κ3) is 6.19. The lowest BCUT2D eigenvalue weighted by Gasteiger charge is -2.30. The molecule has 1 amide bonds. The number of hydrogen-bond acceptors (Lipinski definition) is 4. The molecule has 0 aromatic heterocycles. The van der Waals surface area contributed by atoms with Crippen molar-refractivity contribution in [3.05, 3.63) is 0 Å². The van der Waals surface area contributed by atoms with Crippen molar-refractivity contribution in [3.63, 3.8) is 0 Å². The Morgan fingerprint density at radius 1 is 1.45 bits per heavy atom. The molecule has 1 N–H and O–H groups in total. The molecule has 1 rings (SSSR count). The first-order valence-corrected chi connectivity index (χ1v) is 9.00. The Kier molecular flexibility index (Phi) is 6.91. The number of nitrogens with one attached hydrogen (secondary N) is 1. The van der Waals surface area contributed by atoms with Crippen LogP contribution in [0.4, 0.5) is 0 Å². The Balaban J connectivity index is 2.29. The summed E-state index contributed by atoms with van der Waals surface area (Å²) < 4.78 is 29.8. The van der Waals surface area contributed by atoms with Gasteiger partial charge in [0.2, 0.25) is 15.9 Å². The third-order valence-corrected chi connectivity index (χ3v) is 4.57. The van der Waals surface area contributed by atoms with Crippen molar-refractivity contribution in [3.8, 4) is 0 Å². The van der Waals surface area contributed by atoms with E-state index in [9.17, 15) is 13.2 Å². The van der Waals surface area contributed by atoms with Crippen molar-refractivity contribution in [2.45, 2.75) is 39.2 Å². The molecule has 0 aromatic rings. The fourth-order valence-electron chi connectivity index (χ4n) is 2.20. The van der Waals surface area contributed by atoms with Crippen molar-refractivity contribution in [1.82, 2.24) is 9.62 Å². The second-order valence-electron chi connectivity index (χ2n) is 5.52. The van der Waals surface area contributed by atoms with Crippen molar-refractivity contribution < 1.29 is 17.9 Å². The van der Waals surface area contributed by atoms with Crippen LogP contribution in [0.25, 0.3) is 0 Å². The lowest BCUT2D eigenvalue weighted by Crippen LogP contribution is -2.45. The van der Waals surface area contributed by atoms with Crippen LogP contribution in [0.3, 0.4) is 0 Å². The average molecular weight is 306 g/mol. The molecule has 6 nitrogen and oxygen atoms in total. The first kappa shape index (κ1) is 17.4. The number of carbonyl (C=O) groups is 1. The summed E-state index contributed by atoms with van der Waals surface area (Å²) >= 11 is 0. The van der Waals surface area contributed by atoms with Crippen LogP contribution in [0.2, 0.25) is 0 Å². The highest BCUT2D eigenvalue weighted by atomic mass is 32.2. The van der Waals surface area contributed by atoms with Gasteiger partial charge in [-0.3, -0.25) is 4.79 Å². The Hall–Kier alpha value is -0.660. The van der Waals surface area contributed by atoms with Gasteiger partial charge in [0, 0.05) is 26.2 Å². The molecule has 118 valence electrons. The van der Waals surface area contributed by atoms with Gasteiger partial charge in [0.15, 0.2) is 0 Å². The highest BCUT2D eigenvalue weighted by Crippen LogP contribution is 2.18. The Morgan fingerprint density at radius 2 is 2.15 bits per heavy atom. The molecule has 0 bridgehead atoms. The van der Waals surface area contributed by atoms with E-state index in [1.165, 1.54) is 10.6 Å². The molecule has 0 saturated carbocycles. The summed E-state index contributed by atoms with van der Waals surface area (Å²) in [6.45, 7) is 5.96. The Bertz CT molecular complexity index is 409. The predicted molar refractivity (Wildman–Crippen MR) is 77.9 cm³/mol. The summed E-state index contributed by atoms with van der Waals surface area (Å²) in [5, 5.41) is 2.86. The number of carbonyl (C=O) groups excluding carboxylic acids is 1. The van der Waals surface area contributed by atoms with Crippen molar-refractivity contribution in [2.24, 2.45) is 5.92 Å². The summed E-state index contributed by atoms with van der Waals surface area (Å²) in [6.07, 6.45) is 3.65. The minimum Gasteiger partial charge on any atom is -0.379 e. The largest absolute Gasteiger partial charge is 0.379 e. The molecule has 1 aliphatic heterocycles. The number of nitrogens with zero attached hydrogens (tertiary/aromatic N) is 1. The molecule has 0 radical (unpaired) electrons. The van der Waals surface area contributed by atoms with Crippen LogP contribution < -0.4 is 5.32 Å². The molecule has 1 saturated heterocycles. The van der Waals surface area contributed by atoms with E-state index in [4.69, 9.17) is 4.74 Å². The van der Waals surface area contributed by atoms with Gasteiger partial charge in [0.25, 0.3) is 0 Å². The minimum atomic E-state index is -3.20. The van der Waals surface area contributed by atoms with E-state index in [0.29, 0.717) is 26.2 Å². The molecule has 0 spiro atoms. The van der Waals surface area contributed by atoms with Gasteiger partial charge in [-0.25, -0.2) is 12.7 Å². The van der Waals surface area contributed by atoms with Crippen LogP contribution >= 0.6 is 0 Å². The van der Waals surface area contributed by atoms with Gasteiger partial charge in [-0.1, -0.05) is 0 Å². The quantitative estimate of drug-likeness (QED) is 0.699. The number of ether oxygens (including phenoxy) is 1. The number of hydrogen-bond donors (Lipinski definition) is 1. The average Bonchev–Trinajstić information content (AvgIpc) is 2.37. The highest BCUT2D eigenvalue weighted by Gasteiger charge is 2.29. The summed E-state index contributed by atoms with van der Waals surface area (Å²) in [4.78, 5) is 12.0. The van der Waals surface area contributed by atoms with Crippen molar-refractivity contribution in [1.29, 1.82) is 0 Å². The predicted octanol–water partition coefficient (Wildman–Crippen LogP) is 0.589. The lowest BCUT2D eigenvalue weighted by molar-refractivity contribution is -0.126. The molecule has 1 fully saturated rings. The fraction of sp³-hybridized carbons (Fsp3) is 0.923. The van der Waals surface area contributed by atoms with E-state index in [-0.39, 0.29) is 17.9 Å².